The van der Waals surface area contributed by atoms with Crippen molar-refractivity contribution in [2.24, 2.45) is 0 Å². The fourth-order valence-electron chi connectivity index (χ4n) is 3.44. The highest BCUT2D eigenvalue weighted by molar-refractivity contribution is 7.13. The number of alkyl halides is 1. The summed E-state index contributed by atoms with van der Waals surface area (Å²) in [5, 5.41) is 2.98. The molecule has 0 bridgehead atoms. The van der Waals surface area contributed by atoms with Crippen LogP contribution in [0.5, 0.6) is 0 Å². The summed E-state index contributed by atoms with van der Waals surface area (Å²) in [6, 6.07) is 6.28. The van der Waals surface area contributed by atoms with Gasteiger partial charge in [0.2, 0.25) is 11.8 Å². The molecular weight excluding hydrogens is 438 g/mol. The van der Waals surface area contributed by atoms with E-state index in [0.29, 0.717) is 24.5 Å². The lowest BCUT2D eigenvalue weighted by Crippen LogP contribution is -2.47. The van der Waals surface area contributed by atoms with Gasteiger partial charge in [-0.05, 0) is 24.1 Å². The van der Waals surface area contributed by atoms with Gasteiger partial charge in [-0.2, -0.15) is 0 Å². The predicted molar refractivity (Wildman–Crippen MR) is 118 cm³/mol. The number of amides is 2. The Morgan fingerprint density at radius 2 is 1.97 bits per heavy atom. The van der Waals surface area contributed by atoms with E-state index in [1.54, 1.807) is 23.8 Å². The number of hydrogen-bond donors (Lipinski definition) is 1. The first-order valence-corrected chi connectivity index (χ1v) is 11.1. The Morgan fingerprint density at radius 1 is 1.19 bits per heavy atom. The lowest BCUT2D eigenvalue weighted by Gasteiger charge is -2.31. The zero-order valence-electron chi connectivity index (χ0n) is 16.5. The summed E-state index contributed by atoms with van der Waals surface area (Å²) in [4.78, 5) is 40.8. The van der Waals surface area contributed by atoms with Gasteiger partial charge in [0.25, 0.3) is 0 Å². The minimum atomic E-state index is -0.970. The third kappa shape index (κ3) is 4.90. The molecule has 160 valence electrons. The summed E-state index contributed by atoms with van der Waals surface area (Å²) < 4.78 is 5.36. The second-order valence-corrected chi connectivity index (χ2v) is 8.11. The predicted octanol–water partition coefficient (Wildman–Crippen LogP) is 2.82. The van der Waals surface area contributed by atoms with Crippen molar-refractivity contribution in [1.82, 2.24) is 20.3 Å². The van der Waals surface area contributed by atoms with Crippen molar-refractivity contribution >= 4 is 40.4 Å². The maximum atomic E-state index is 13.3. The number of aromatic nitrogens is 3. The zero-order valence-corrected chi connectivity index (χ0v) is 18.1. The van der Waals surface area contributed by atoms with E-state index in [1.165, 1.54) is 35.0 Å². The lowest BCUT2D eigenvalue weighted by atomic mass is 10.0. The van der Waals surface area contributed by atoms with Crippen LogP contribution in [0.3, 0.4) is 0 Å². The van der Waals surface area contributed by atoms with E-state index in [9.17, 15) is 9.59 Å². The average Bonchev–Trinajstić information content (AvgIpc) is 3.52. The number of hydrogen-bond acceptors (Lipinski definition) is 7. The van der Waals surface area contributed by atoms with Crippen LogP contribution in [0.25, 0.3) is 10.4 Å². The summed E-state index contributed by atoms with van der Waals surface area (Å²) in [7, 11) is 0. The number of nitrogens with one attached hydrogen (secondary N) is 1. The number of nitrogens with zero attached hydrogens (tertiary/aromatic N) is 4. The summed E-state index contributed by atoms with van der Waals surface area (Å²) in [5.41, 5.74) is 3.76. The highest BCUT2D eigenvalue weighted by Crippen LogP contribution is 2.31. The number of carbonyl (C=O) groups excluding carboxylic acids is 2. The third-order valence-electron chi connectivity index (χ3n) is 4.92. The van der Waals surface area contributed by atoms with Crippen LogP contribution in [0.2, 0.25) is 0 Å². The third-order valence-corrected chi connectivity index (χ3v) is 5.98. The molecule has 10 heteroatoms. The van der Waals surface area contributed by atoms with Crippen LogP contribution in [-0.2, 0) is 14.3 Å². The molecule has 0 spiro atoms. The molecule has 0 aliphatic carbocycles. The summed E-state index contributed by atoms with van der Waals surface area (Å²) in [6.45, 7) is 1.03. The van der Waals surface area contributed by atoms with Crippen molar-refractivity contribution in [1.29, 1.82) is 0 Å². The standard InChI is InChI=1S/C21H20ClN5O3S/c22-7-19(28)27(17-3-1-14(2-4-17)18-10-25-13-31-18)20(15-8-23-12-24-9-15)21(29)26-16-5-6-30-11-16/h1-4,8-10,12-13,16,20H,5-7,11H2,(H,26,29)/t16?,20-/m1/s1. The van der Waals surface area contributed by atoms with Gasteiger partial charge < -0.3 is 10.1 Å². The molecule has 1 aliphatic heterocycles. The highest BCUT2D eigenvalue weighted by atomic mass is 35.5. The number of ether oxygens (including phenoxy) is 1. The van der Waals surface area contributed by atoms with Gasteiger partial charge in [-0.3, -0.25) is 19.5 Å². The van der Waals surface area contributed by atoms with E-state index in [-0.39, 0.29) is 17.8 Å². The van der Waals surface area contributed by atoms with Gasteiger partial charge in [-0.15, -0.1) is 22.9 Å². The van der Waals surface area contributed by atoms with Gasteiger partial charge in [0.1, 0.15) is 18.2 Å². The Bertz CT molecular complexity index is 1010. The molecule has 4 rings (SSSR count). The molecule has 1 saturated heterocycles. The lowest BCUT2D eigenvalue weighted by molar-refractivity contribution is -0.126. The molecule has 1 aromatic carbocycles. The smallest absolute Gasteiger partial charge is 0.248 e. The first-order chi connectivity index (χ1) is 15.2. The largest absolute Gasteiger partial charge is 0.379 e. The molecule has 1 aliphatic rings. The molecule has 1 fully saturated rings. The summed E-state index contributed by atoms with van der Waals surface area (Å²) >= 11 is 7.46. The number of benzene rings is 1. The quantitative estimate of drug-likeness (QED) is 0.548. The fraction of sp³-hybridized carbons (Fsp3) is 0.286. The molecule has 8 nitrogen and oxygen atoms in total. The molecule has 31 heavy (non-hydrogen) atoms. The molecule has 1 N–H and O–H groups in total. The molecular formula is C21H20ClN5O3S. The number of halogens is 1. The maximum Gasteiger partial charge on any atom is 0.248 e. The van der Waals surface area contributed by atoms with Crippen LogP contribution >= 0.6 is 22.9 Å². The molecule has 2 aromatic heterocycles. The Labute approximate surface area is 188 Å². The van der Waals surface area contributed by atoms with Crippen LogP contribution in [-0.4, -0.2) is 51.9 Å². The van der Waals surface area contributed by atoms with E-state index >= 15 is 0 Å². The van der Waals surface area contributed by atoms with Crippen LogP contribution in [0, 0.1) is 0 Å². The first kappa shape index (κ1) is 21.4. The van der Waals surface area contributed by atoms with Gasteiger partial charge in [-0.25, -0.2) is 9.97 Å². The van der Waals surface area contributed by atoms with Crippen molar-refractivity contribution in [2.75, 3.05) is 24.0 Å². The fourth-order valence-corrected chi connectivity index (χ4v) is 4.20. The van der Waals surface area contributed by atoms with E-state index < -0.39 is 11.9 Å². The van der Waals surface area contributed by atoms with E-state index in [2.05, 4.69) is 20.3 Å². The van der Waals surface area contributed by atoms with E-state index in [0.717, 1.165) is 16.9 Å². The van der Waals surface area contributed by atoms with Crippen LogP contribution in [0.15, 0.2) is 54.7 Å². The minimum Gasteiger partial charge on any atom is -0.379 e. The Kier molecular flexibility index (Phi) is 6.86. The molecule has 3 aromatic rings. The van der Waals surface area contributed by atoms with Gasteiger partial charge in [0, 0.05) is 36.4 Å². The monoisotopic (exact) mass is 457 g/mol. The Balaban J connectivity index is 1.70. The number of thiazole rings is 1. The zero-order chi connectivity index (χ0) is 21.6. The Morgan fingerprint density at radius 3 is 2.58 bits per heavy atom. The highest BCUT2D eigenvalue weighted by Gasteiger charge is 2.34. The second-order valence-electron chi connectivity index (χ2n) is 6.95. The average molecular weight is 458 g/mol. The normalized spacial score (nSPS) is 16.6. The van der Waals surface area contributed by atoms with Crippen molar-refractivity contribution in [3.8, 4) is 10.4 Å². The molecule has 3 heterocycles. The van der Waals surface area contributed by atoms with Gasteiger partial charge in [0.15, 0.2) is 0 Å². The second kappa shape index (κ2) is 9.95. The van der Waals surface area contributed by atoms with Crippen molar-refractivity contribution in [3.63, 3.8) is 0 Å². The molecule has 2 amide bonds. The summed E-state index contributed by atoms with van der Waals surface area (Å²) in [6.07, 6.45) is 6.94. The van der Waals surface area contributed by atoms with E-state index in [1.807, 2.05) is 12.1 Å². The van der Waals surface area contributed by atoms with E-state index in [4.69, 9.17) is 16.3 Å². The van der Waals surface area contributed by atoms with Gasteiger partial charge in [0.05, 0.1) is 23.0 Å². The van der Waals surface area contributed by atoms with Crippen LogP contribution < -0.4 is 10.2 Å². The molecule has 2 atom stereocenters. The number of rotatable bonds is 7. The van der Waals surface area contributed by atoms with Crippen molar-refractivity contribution in [2.45, 2.75) is 18.5 Å². The SMILES string of the molecule is O=C(NC1CCOC1)[C@@H](c1cncnc1)N(C(=O)CCl)c1ccc(-c2cncs2)cc1. The topological polar surface area (TPSA) is 97.3 Å². The van der Waals surface area contributed by atoms with Crippen molar-refractivity contribution < 1.29 is 14.3 Å². The molecule has 0 radical (unpaired) electrons. The van der Waals surface area contributed by atoms with Gasteiger partial charge in [-0.1, -0.05) is 12.1 Å². The number of carbonyl (C=O) groups is 2. The van der Waals surface area contributed by atoms with Crippen LogP contribution in [0.1, 0.15) is 18.0 Å². The van der Waals surface area contributed by atoms with Crippen LogP contribution in [0.4, 0.5) is 5.69 Å². The Hall–Kier alpha value is -2.88. The first-order valence-electron chi connectivity index (χ1n) is 9.67. The maximum absolute atomic E-state index is 13.3. The minimum absolute atomic E-state index is 0.110. The summed E-state index contributed by atoms with van der Waals surface area (Å²) in [5.74, 6) is -1.02. The van der Waals surface area contributed by atoms with Gasteiger partial charge >= 0.3 is 0 Å². The number of anilines is 1. The molecule has 1 unspecified atom stereocenters. The van der Waals surface area contributed by atoms with Crippen molar-refractivity contribution in [3.05, 3.63) is 60.3 Å². The molecule has 0 saturated carbocycles.